The minimum atomic E-state index is -0.703. The molecule has 1 aliphatic carbocycles. The number of hydrogen-bond donors (Lipinski definition) is 1. The minimum absolute atomic E-state index is 0.0148. The number of ether oxygens (including phenoxy) is 2. The van der Waals surface area contributed by atoms with Gasteiger partial charge in [-0.1, -0.05) is 31.0 Å². The van der Waals surface area contributed by atoms with Gasteiger partial charge in [0.2, 0.25) is 0 Å². The number of para-hydroxylation sites is 1. The van der Waals surface area contributed by atoms with Crippen LogP contribution in [-0.4, -0.2) is 41.5 Å². The number of aliphatic hydroxyl groups is 1. The quantitative estimate of drug-likeness (QED) is 0.897. The second kappa shape index (κ2) is 7.65. The van der Waals surface area contributed by atoms with Crippen molar-refractivity contribution in [3.63, 3.8) is 0 Å². The Morgan fingerprint density at radius 2 is 2.04 bits per heavy atom. The van der Waals surface area contributed by atoms with Crippen molar-refractivity contribution in [1.29, 1.82) is 0 Å². The van der Waals surface area contributed by atoms with E-state index in [0.29, 0.717) is 26.2 Å². The summed E-state index contributed by atoms with van der Waals surface area (Å²) in [6, 6.07) is 7.67. The van der Waals surface area contributed by atoms with E-state index in [9.17, 15) is 9.90 Å². The summed E-state index contributed by atoms with van der Waals surface area (Å²) in [4.78, 5) is 14.4. The molecule has 3 rings (SSSR count). The average molecular weight is 347 g/mol. The van der Waals surface area contributed by atoms with E-state index in [2.05, 4.69) is 0 Å². The van der Waals surface area contributed by atoms with Crippen molar-refractivity contribution in [2.45, 2.75) is 57.6 Å². The first-order valence-corrected chi connectivity index (χ1v) is 9.48. The second-order valence-electron chi connectivity index (χ2n) is 7.01. The van der Waals surface area contributed by atoms with Crippen LogP contribution in [0.4, 0.5) is 4.79 Å². The first kappa shape index (κ1) is 18.1. The molecule has 0 bridgehead atoms. The van der Waals surface area contributed by atoms with Gasteiger partial charge in [0.15, 0.2) is 0 Å². The Kier molecular flexibility index (Phi) is 5.52. The Morgan fingerprint density at radius 3 is 2.80 bits per heavy atom. The third-order valence-electron chi connectivity index (χ3n) is 5.61. The van der Waals surface area contributed by atoms with E-state index in [1.54, 1.807) is 4.90 Å². The molecular formula is C20H29NO4. The van der Waals surface area contributed by atoms with Crippen molar-refractivity contribution >= 4 is 6.09 Å². The zero-order valence-electron chi connectivity index (χ0n) is 15.2. The molecule has 5 heteroatoms. The van der Waals surface area contributed by atoms with Gasteiger partial charge >= 0.3 is 6.09 Å². The standard InChI is InChI=1S/C20H29NO4/c1-3-24-17-11-6-5-9-15(17)18-16-10-7-8-12-20(16,23)13-14-21(18)19(22)25-4-2/h5-6,9,11,16,18,23H,3-4,7-8,10,12-14H2,1-2H3/t16-,18+,20+/m1/s1. The monoisotopic (exact) mass is 347 g/mol. The maximum atomic E-state index is 12.6. The Morgan fingerprint density at radius 1 is 1.24 bits per heavy atom. The molecule has 0 radical (unpaired) electrons. The van der Waals surface area contributed by atoms with Gasteiger partial charge in [-0.05, 0) is 39.2 Å². The smallest absolute Gasteiger partial charge is 0.410 e. The van der Waals surface area contributed by atoms with Gasteiger partial charge in [0.1, 0.15) is 5.75 Å². The third-order valence-corrected chi connectivity index (χ3v) is 5.61. The molecule has 138 valence electrons. The van der Waals surface area contributed by atoms with Crippen LogP contribution in [-0.2, 0) is 4.74 Å². The normalized spacial score (nSPS) is 29.0. The van der Waals surface area contributed by atoms with Crippen molar-refractivity contribution in [3.05, 3.63) is 29.8 Å². The van der Waals surface area contributed by atoms with E-state index < -0.39 is 5.60 Å². The van der Waals surface area contributed by atoms with Crippen LogP contribution in [0.2, 0.25) is 0 Å². The van der Waals surface area contributed by atoms with Gasteiger partial charge < -0.3 is 19.5 Å². The predicted molar refractivity (Wildman–Crippen MR) is 95.6 cm³/mol. The van der Waals surface area contributed by atoms with Gasteiger partial charge in [-0.15, -0.1) is 0 Å². The molecule has 0 aromatic heterocycles. The van der Waals surface area contributed by atoms with E-state index in [4.69, 9.17) is 9.47 Å². The number of nitrogens with zero attached hydrogens (tertiary/aromatic N) is 1. The summed E-state index contributed by atoms with van der Waals surface area (Å²) in [5.74, 6) is 0.806. The highest BCUT2D eigenvalue weighted by molar-refractivity contribution is 5.69. The highest BCUT2D eigenvalue weighted by Crippen LogP contribution is 2.50. The topological polar surface area (TPSA) is 59.0 Å². The molecular weight excluding hydrogens is 318 g/mol. The molecule has 2 aliphatic rings. The Hall–Kier alpha value is -1.75. The number of rotatable bonds is 4. The highest BCUT2D eigenvalue weighted by atomic mass is 16.6. The van der Waals surface area contributed by atoms with Crippen LogP contribution in [0, 0.1) is 5.92 Å². The number of carbonyl (C=O) groups excluding carboxylic acids is 1. The molecule has 1 N–H and O–H groups in total. The van der Waals surface area contributed by atoms with E-state index in [1.807, 2.05) is 38.1 Å². The lowest BCUT2D eigenvalue weighted by Crippen LogP contribution is -2.56. The molecule has 1 aliphatic heterocycles. The van der Waals surface area contributed by atoms with Crippen LogP contribution in [0.3, 0.4) is 0 Å². The van der Waals surface area contributed by atoms with Crippen LogP contribution < -0.4 is 4.74 Å². The molecule has 0 spiro atoms. The molecule has 1 aromatic rings. The summed E-state index contributed by atoms with van der Waals surface area (Å²) >= 11 is 0. The van der Waals surface area contributed by atoms with E-state index in [1.165, 1.54) is 0 Å². The van der Waals surface area contributed by atoms with Crippen molar-refractivity contribution < 1.29 is 19.4 Å². The SMILES string of the molecule is CCOC(=O)N1CC[C@@]2(O)CCCC[C@@H]2[C@@H]1c1ccccc1OCC. The number of carbonyl (C=O) groups is 1. The molecule has 2 fully saturated rings. The van der Waals surface area contributed by atoms with Crippen molar-refractivity contribution in [3.8, 4) is 5.75 Å². The lowest BCUT2D eigenvalue weighted by atomic mass is 9.66. The number of amides is 1. The number of hydrogen-bond acceptors (Lipinski definition) is 4. The van der Waals surface area contributed by atoms with Crippen LogP contribution in [0.5, 0.6) is 5.75 Å². The average Bonchev–Trinajstić information content (AvgIpc) is 2.61. The Labute approximate surface area is 149 Å². The molecule has 1 heterocycles. The molecule has 1 saturated heterocycles. The molecule has 1 amide bonds. The summed E-state index contributed by atoms with van der Waals surface area (Å²) in [6.45, 7) is 5.21. The lowest BCUT2D eigenvalue weighted by molar-refractivity contribution is -0.118. The molecule has 3 atom stereocenters. The maximum absolute atomic E-state index is 12.6. The largest absolute Gasteiger partial charge is 0.494 e. The zero-order valence-corrected chi connectivity index (χ0v) is 15.2. The van der Waals surface area contributed by atoms with Crippen LogP contribution in [0.15, 0.2) is 24.3 Å². The van der Waals surface area contributed by atoms with E-state index in [0.717, 1.165) is 37.0 Å². The number of benzene rings is 1. The fourth-order valence-corrected chi connectivity index (χ4v) is 4.49. The molecule has 1 aromatic carbocycles. The molecule has 5 nitrogen and oxygen atoms in total. The summed E-state index contributed by atoms with van der Waals surface area (Å²) in [5.41, 5.74) is 0.271. The van der Waals surface area contributed by atoms with Crippen LogP contribution in [0.25, 0.3) is 0 Å². The van der Waals surface area contributed by atoms with Crippen molar-refractivity contribution in [2.75, 3.05) is 19.8 Å². The minimum Gasteiger partial charge on any atom is -0.494 e. The Bertz CT molecular complexity index is 605. The third kappa shape index (κ3) is 3.47. The first-order valence-electron chi connectivity index (χ1n) is 9.48. The van der Waals surface area contributed by atoms with Crippen LogP contribution in [0.1, 0.15) is 57.6 Å². The fraction of sp³-hybridized carbons (Fsp3) is 0.650. The number of likely N-dealkylation sites (tertiary alicyclic amines) is 1. The summed E-state index contributed by atoms with van der Waals surface area (Å²) < 4.78 is 11.1. The second-order valence-corrected chi connectivity index (χ2v) is 7.01. The first-order chi connectivity index (χ1) is 12.1. The van der Waals surface area contributed by atoms with Crippen molar-refractivity contribution in [1.82, 2.24) is 4.90 Å². The summed E-state index contributed by atoms with van der Waals surface area (Å²) in [5, 5.41) is 11.3. The fourth-order valence-electron chi connectivity index (χ4n) is 4.49. The van der Waals surface area contributed by atoms with Gasteiger partial charge in [-0.25, -0.2) is 4.79 Å². The highest BCUT2D eigenvalue weighted by Gasteiger charge is 2.51. The summed E-state index contributed by atoms with van der Waals surface area (Å²) in [7, 11) is 0. The van der Waals surface area contributed by atoms with Gasteiger partial charge in [0.05, 0.1) is 24.9 Å². The van der Waals surface area contributed by atoms with Gasteiger partial charge in [-0.2, -0.15) is 0 Å². The Balaban J connectivity index is 2.02. The number of fused-ring (bicyclic) bond motifs is 1. The number of piperidine rings is 1. The maximum Gasteiger partial charge on any atom is 0.410 e. The van der Waals surface area contributed by atoms with E-state index in [-0.39, 0.29) is 18.1 Å². The predicted octanol–water partition coefficient (Wildman–Crippen LogP) is 3.91. The molecule has 25 heavy (non-hydrogen) atoms. The molecule has 1 saturated carbocycles. The van der Waals surface area contributed by atoms with Gasteiger partial charge in [0, 0.05) is 18.0 Å². The molecule has 0 unspecified atom stereocenters. The van der Waals surface area contributed by atoms with E-state index >= 15 is 0 Å². The summed E-state index contributed by atoms with van der Waals surface area (Å²) in [6.07, 6.45) is 4.16. The zero-order chi connectivity index (χ0) is 17.9. The lowest BCUT2D eigenvalue weighted by Gasteiger charge is -2.52. The van der Waals surface area contributed by atoms with Gasteiger partial charge in [0.25, 0.3) is 0 Å². The van der Waals surface area contributed by atoms with Gasteiger partial charge in [-0.3, -0.25) is 0 Å². The van der Waals surface area contributed by atoms with Crippen molar-refractivity contribution in [2.24, 2.45) is 5.92 Å². The van der Waals surface area contributed by atoms with Crippen LogP contribution >= 0.6 is 0 Å².